The number of likely N-dealkylation sites (N-methyl/N-ethyl adjacent to an activating group) is 2. The summed E-state index contributed by atoms with van der Waals surface area (Å²) in [6.45, 7) is 5.16. The van der Waals surface area contributed by atoms with Gasteiger partial charge in [0.05, 0.1) is 37.0 Å². The third-order valence-corrected chi connectivity index (χ3v) is 5.99. The summed E-state index contributed by atoms with van der Waals surface area (Å²) in [5, 5.41) is 7.08. The third kappa shape index (κ3) is 5.68. The Kier molecular flexibility index (Phi) is 8.07. The van der Waals surface area contributed by atoms with E-state index >= 15 is 0 Å². The van der Waals surface area contributed by atoms with Crippen LogP contribution >= 0.6 is 0 Å². The highest BCUT2D eigenvalue weighted by Crippen LogP contribution is 2.38. The van der Waals surface area contributed by atoms with E-state index in [2.05, 4.69) is 42.0 Å². The quantitative estimate of drug-likeness (QED) is 0.255. The first-order chi connectivity index (χ1) is 18.3. The highest BCUT2D eigenvalue weighted by atomic mass is 16.5. The molecule has 1 aromatic carbocycles. The minimum atomic E-state index is -0.314. The van der Waals surface area contributed by atoms with Gasteiger partial charge in [-0.3, -0.25) is 4.79 Å². The number of hydrogen-bond donors (Lipinski definition) is 3. The number of rotatable bonds is 11. The first kappa shape index (κ1) is 26.4. The van der Waals surface area contributed by atoms with Gasteiger partial charge in [-0.05, 0) is 38.4 Å². The number of nitrogens with zero attached hydrogens (tertiary/aromatic N) is 5. The lowest BCUT2D eigenvalue weighted by Gasteiger charge is -2.26. The number of nitrogens with one attached hydrogen (secondary N) is 3. The molecule has 0 spiro atoms. The van der Waals surface area contributed by atoms with Crippen molar-refractivity contribution in [3.05, 3.63) is 55.5 Å². The maximum Gasteiger partial charge on any atom is 0.247 e. The molecule has 0 aliphatic rings. The molecule has 4 aromatic rings. The Hall–Kier alpha value is -4.64. The number of pyridine rings is 1. The third-order valence-electron chi connectivity index (χ3n) is 5.99. The van der Waals surface area contributed by atoms with Crippen molar-refractivity contribution in [2.75, 3.05) is 64.0 Å². The van der Waals surface area contributed by atoms with Crippen molar-refractivity contribution in [2.24, 2.45) is 0 Å². The number of ether oxygens (including phenoxy) is 2. The van der Waals surface area contributed by atoms with Gasteiger partial charge in [0.2, 0.25) is 17.7 Å². The lowest BCUT2D eigenvalue weighted by atomic mass is 10.1. The Morgan fingerprint density at radius 1 is 1.08 bits per heavy atom. The van der Waals surface area contributed by atoms with Crippen LogP contribution in [-0.4, -0.2) is 79.2 Å². The van der Waals surface area contributed by atoms with Crippen molar-refractivity contribution in [3.8, 4) is 22.9 Å². The van der Waals surface area contributed by atoms with Crippen LogP contribution in [0.5, 0.6) is 11.6 Å². The summed E-state index contributed by atoms with van der Waals surface area (Å²) in [5.41, 5.74) is 4.39. The standard InChI is InChI=1S/C27H32N8O3/c1-7-24(36)31-20-14-21(23(37-5)15-22(20)35(4)13-12-34(2)3)33-27-29-11-9-19(32-27)18-16-30-25-17(18)8-10-28-26(25)38-6/h7-11,14-16,30H,1,12-13H2,2-6H3,(H,31,36)(H,29,32,33). The number of aromatic amines is 1. The van der Waals surface area contributed by atoms with Crippen LogP contribution in [0, 0.1) is 0 Å². The fourth-order valence-electron chi connectivity index (χ4n) is 3.99. The van der Waals surface area contributed by atoms with Crippen molar-refractivity contribution in [2.45, 2.75) is 0 Å². The number of amides is 1. The van der Waals surface area contributed by atoms with E-state index in [0.717, 1.165) is 35.2 Å². The lowest BCUT2D eigenvalue weighted by Crippen LogP contribution is -2.29. The van der Waals surface area contributed by atoms with E-state index < -0.39 is 0 Å². The van der Waals surface area contributed by atoms with E-state index in [0.29, 0.717) is 34.6 Å². The predicted octanol–water partition coefficient (Wildman–Crippen LogP) is 3.90. The number of fused-ring (bicyclic) bond motifs is 1. The van der Waals surface area contributed by atoms with E-state index in [1.807, 2.05) is 45.5 Å². The predicted molar refractivity (Wildman–Crippen MR) is 151 cm³/mol. The topological polar surface area (TPSA) is 121 Å². The van der Waals surface area contributed by atoms with Crippen molar-refractivity contribution in [3.63, 3.8) is 0 Å². The smallest absolute Gasteiger partial charge is 0.247 e. The van der Waals surface area contributed by atoms with Gasteiger partial charge < -0.3 is 34.9 Å². The Morgan fingerprint density at radius 3 is 2.58 bits per heavy atom. The molecule has 0 bridgehead atoms. The van der Waals surface area contributed by atoms with Gasteiger partial charge in [0, 0.05) is 55.7 Å². The second kappa shape index (κ2) is 11.6. The van der Waals surface area contributed by atoms with E-state index in [9.17, 15) is 4.79 Å². The van der Waals surface area contributed by atoms with Crippen LogP contribution < -0.4 is 25.0 Å². The largest absolute Gasteiger partial charge is 0.494 e. The number of aromatic nitrogens is 4. The number of H-pyrrole nitrogens is 1. The number of anilines is 4. The van der Waals surface area contributed by atoms with Crippen molar-refractivity contribution in [1.29, 1.82) is 0 Å². The molecular formula is C27H32N8O3. The normalized spacial score (nSPS) is 10.9. The van der Waals surface area contributed by atoms with E-state index in [1.165, 1.54) is 6.08 Å². The van der Waals surface area contributed by atoms with E-state index in [-0.39, 0.29) is 5.91 Å². The molecule has 4 rings (SSSR count). The first-order valence-electron chi connectivity index (χ1n) is 12.0. The fourth-order valence-corrected chi connectivity index (χ4v) is 3.99. The monoisotopic (exact) mass is 516 g/mol. The summed E-state index contributed by atoms with van der Waals surface area (Å²) < 4.78 is 11.1. The molecule has 0 aliphatic carbocycles. The van der Waals surface area contributed by atoms with Gasteiger partial charge in [0.1, 0.15) is 11.3 Å². The highest BCUT2D eigenvalue weighted by molar-refractivity contribution is 6.02. The maximum atomic E-state index is 12.2. The van der Waals surface area contributed by atoms with E-state index in [4.69, 9.17) is 14.5 Å². The number of benzene rings is 1. The van der Waals surface area contributed by atoms with Gasteiger partial charge in [0.15, 0.2) is 0 Å². The SMILES string of the molecule is C=CC(=O)Nc1cc(Nc2nccc(-c3c[nH]c4c(OC)nccc34)n2)c(OC)cc1N(C)CCN(C)C. The lowest BCUT2D eigenvalue weighted by molar-refractivity contribution is -0.111. The van der Waals surface area contributed by atoms with Gasteiger partial charge in [-0.2, -0.15) is 0 Å². The molecule has 0 radical (unpaired) electrons. The summed E-state index contributed by atoms with van der Waals surface area (Å²) in [7, 11) is 9.17. The van der Waals surface area contributed by atoms with Crippen LogP contribution in [0.25, 0.3) is 22.2 Å². The molecule has 0 atom stereocenters. The molecule has 3 heterocycles. The van der Waals surface area contributed by atoms with E-state index in [1.54, 1.807) is 32.7 Å². The zero-order valence-electron chi connectivity index (χ0n) is 22.2. The number of methoxy groups -OCH3 is 2. The Morgan fingerprint density at radius 2 is 1.87 bits per heavy atom. The first-order valence-corrected chi connectivity index (χ1v) is 12.0. The van der Waals surface area contributed by atoms with Gasteiger partial charge in [0.25, 0.3) is 0 Å². The minimum absolute atomic E-state index is 0.314. The Bertz CT molecular complexity index is 1450. The molecule has 3 N–H and O–H groups in total. The van der Waals surface area contributed by atoms with Crippen LogP contribution in [0.1, 0.15) is 0 Å². The number of carbonyl (C=O) groups is 1. The molecular weight excluding hydrogens is 484 g/mol. The summed E-state index contributed by atoms with van der Waals surface area (Å²) in [5.74, 6) is 1.14. The Balaban J connectivity index is 1.70. The average Bonchev–Trinajstić information content (AvgIpc) is 3.36. The fraction of sp³-hybridized carbons (Fsp3) is 0.259. The zero-order valence-corrected chi connectivity index (χ0v) is 22.2. The second-order valence-electron chi connectivity index (χ2n) is 8.82. The van der Waals surface area contributed by atoms with Gasteiger partial charge >= 0.3 is 0 Å². The molecule has 11 nitrogen and oxygen atoms in total. The molecule has 0 aliphatic heterocycles. The highest BCUT2D eigenvalue weighted by Gasteiger charge is 2.17. The van der Waals surface area contributed by atoms with Gasteiger partial charge in [-0.25, -0.2) is 15.0 Å². The van der Waals surface area contributed by atoms with Crippen molar-refractivity contribution >= 4 is 39.8 Å². The number of carbonyl (C=O) groups excluding carboxylic acids is 1. The van der Waals surface area contributed by atoms with Crippen LogP contribution in [0.4, 0.5) is 23.0 Å². The molecule has 38 heavy (non-hydrogen) atoms. The summed E-state index contributed by atoms with van der Waals surface area (Å²) in [6.07, 6.45) is 6.47. The Labute approximate surface area is 221 Å². The van der Waals surface area contributed by atoms with Gasteiger partial charge in [-0.15, -0.1) is 0 Å². The average molecular weight is 517 g/mol. The molecule has 0 unspecified atom stereocenters. The van der Waals surface area contributed by atoms with Crippen LogP contribution in [0.3, 0.4) is 0 Å². The number of hydrogen-bond acceptors (Lipinski definition) is 9. The van der Waals surface area contributed by atoms with Crippen molar-refractivity contribution < 1.29 is 14.3 Å². The maximum absolute atomic E-state index is 12.2. The van der Waals surface area contributed by atoms with Crippen LogP contribution in [0.2, 0.25) is 0 Å². The van der Waals surface area contributed by atoms with Gasteiger partial charge in [-0.1, -0.05) is 6.58 Å². The second-order valence-corrected chi connectivity index (χ2v) is 8.82. The summed E-state index contributed by atoms with van der Waals surface area (Å²) >= 11 is 0. The summed E-state index contributed by atoms with van der Waals surface area (Å²) in [4.78, 5) is 33.0. The zero-order chi connectivity index (χ0) is 27.2. The molecule has 3 aromatic heterocycles. The molecule has 0 saturated heterocycles. The molecule has 11 heteroatoms. The minimum Gasteiger partial charge on any atom is -0.494 e. The summed E-state index contributed by atoms with van der Waals surface area (Å²) in [6, 6.07) is 7.41. The van der Waals surface area contributed by atoms with Crippen molar-refractivity contribution in [1.82, 2.24) is 24.8 Å². The molecule has 198 valence electrons. The molecule has 0 saturated carbocycles. The van der Waals surface area contributed by atoms with Crippen LogP contribution in [0.15, 0.2) is 55.5 Å². The molecule has 0 fully saturated rings. The molecule has 1 amide bonds. The van der Waals surface area contributed by atoms with Crippen LogP contribution in [-0.2, 0) is 4.79 Å².